The fourth-order valence-electron chi connectivity index (χ4n) is 2.91. The number of nitrogens with zero attached hydrogens (tertiary/aromatic N) is 2. The van der Waals surface area contributed by atoms with Gasteiger partial charge in [-0.25, -0.2) is 0 Å². The Morgan fingerprint density at radius 3 is 1.96 bits per heavy atom. The minimum atomic E-state index is -0.111. The molecule has 1 aliphatic heterocycles. The molecule has 0 spiro atoms. The van der Waals surface area contributed by atoms with E-state index < -0.39 is 0 Å². The average Bonchev–Trinajstić information content (AvgIpc) is 2.87. The number of hydrogen-bond donors (Lipinski definition) is 1. The average molecular weight is 324 g/mol. The van der Waals surface area contributed by atoms with Crippen LogP contribution in [0.15, 0.2) is 54.6 Å². The van der Waals surface area contributed by atoms with Gasteiger partial charge in [-0.1, -0.05) is 24.3 Å². The molecule has 2 amide bonds. The van der Waals surface area contributed by atoms with Crippen molar-refractivity contribution in [3.05, 3.63) is 65.7 Å². The van der Waals surface area contributed by atoms with E-state index in [-0.39, 0.29) is 17.6 Å². The summed E-state index contributed by atoms with van der Waals surface area (Å²) >= 11 is 0. The number of rotatable bonds is 2. The van der Waals surface area contributed by atoms with E-state index in [1.165, 1.54) is 6.07 Å². The zero-order valence-corrected chi connectivity index (χ0v) is 13.4. The monoisotopic (exact) mass is 324 g/mol. The first-order valence-corrected chi connectivity index (χ1v) is 8.08. The minimum absolute atomic E-state index is 0.00209. The SMILES string of the molecule is O=C(c1ccccc1)N1CCCN(C(=O)c2cccc(O)c2)CC1. The Labute approximate surface area is 141 Å². The first-order valence-electron chi connectivity index (χ1n) is 8.08. The van der Waals surface area contributed by atoms with Crippen LogP contribution < -0.4 is 0 Å². The van der Waals surface area contributed by atoms with Crippen LogP contribution in [-0.4, -0.2) is 52.9 Å². The fraction of sp³-hybridized carbons (Fsp3) is 0.263. The Bertz CT molecular complexity index is 730. The van der Waals surface area contributed by atoms with Crippen LogP contribution in [0.5, 0.6) is 5.75 Å². The highest BCUT2D eigenvalue weighted by Crippen LogP contribution is 2.15. The first kappa shape index (κ1) is 16.1. The van der Waals surface area contributed by atoms with Crippen LogP contribution in [0.2, 0.25) is 0 Å². The van der Waals surface area contributed by atoms with E-state index in [9.17, 15) is 14.7 Å². The van der Waals surface area contributed by atoms with Crippen molar-refractivity contribution in [3.63, 3.8) is 0 Å². The lowest BCUT2D eigenvalue weighted by atomic mass is 10.2. The second-order valence-electron chi connectivity index (χ2n) is 5.85. The second kappa shape index (κ2) is 7.17. The molecule has 2 aromatic carbocycles. The standard InChI is InChI=1S/C19H20N2O3/c22-17-9-4-8-16(14-17)19(24)21-11-5-10-20(12-13-21)18(23)15-6-2-1-3-7-15/h1-4,6-9,14,22H,5,10-13H2. The lowest BCUT2D eigenvalue weighted by molar-refractivity contribution is 0.0718. The molecule has 0 aliphatic carbocycles. The number of carbonyl (C=O) groups excluding carboxylic acids is 2. The van der Waals surface area contributed by atoms with Crippen molar-refractivity contribution < 1.29 is 14.7 Å². The number of benzene rings is 2. The fourth-order valence-corrected chi connectivity index (χ4v) is 2.91. The molecule has 0 aromatic heterocycles. The molecular weight excluding hydrogens is 304 g/mol. The molecule has 1 fully saturated rings. The highest BCUT2D eigenvalue weighted by Gasteiger charge is 2.23. The maximum atomic E-state index is 12.6. The third kappa shape index (κ3) is 3.56. The second-order valence-corrected chi connectivity index (χ2v) is 5.85. The molecule has 5 heteroatoms. The van der Waals surface area contributed by atoms with Gasteiger partial charge in [-0.15, -0.1) is 0 Å². The number of phenols is 1. The summed E-state index contributed by atoms with van der Waals surface area (Å²) in [6, 6.07) is 15.6. The van der Waals surface area contributed by atoms with Crippen LogP contribution in [-0.2, 0) is 0 Å². The number of hydrogen-bond acceptors (Lipinski definition) is 3. The van der Waals surface area contributed by atoms with Crippen molar-refractivity contribution in [2.24, 2.45) is 0 Å². The molecule has 1 heterocycles. The topological polar surface area (TPSA) is 60.9 Å². The van der Waals surface area contributed by atoms with Gasteiger partial charge in [0.05, 0.1) is 0 Å². The third-order valence-corrected chi connectivity index (χ3v) is 4.18. The molecule has 24 heavy (non-hydrogen) atoms. The molecule has 3 rings (SSSR count). The molecule has 0 saturated carbocycles. The van der Waals surface area contributed by atoms with E-state index >= 15 is 0 Å². The zero-order valence-electron chi connectivity index (χ0n) is 13.4. The number of phenolic OH excluding ortho intramolecular Hbond substituents is 1. The molecule has 1 N–H and O–H groups in total. The van der Waals surface area contributed by atoms with Gasteiger partial charge in [0.1, 0.15) is 5.75 Å². The maximum Gasteiger partial charge on any atom is 0.254 e. The van der Waals surface area contributed by atoms with Gasteiger partial charge in [0.25, 0.3) is 11.8 Å². The summed E-state index contributed by atoms with van der Waals surface area (Å²) in [5, 5.41) is 9.53. The molecule has 1 saturated heterocycles. The van der Waals surface area contributed by atoms with E-state index in [1.54, 1.807) is 28.0 Å². The predicted molar refractivity (Wildman–Crippen MR) is 91.0 cm³/mol. The normalized spacial score (nSPS) is 15.0. The van der Waals surface area contributed by atoms with Gasteiger partial charge in [0, 0.05) is 37.3 Å². The quantitative estimate of drug-likeness (QED) is 0.922. The molecule has 1 aliphatic rings. The number of carbonyl (C=O) groups is 2. The Morgan fingerprint density at radius 2 is 1.33 bits per heavy atom. The van der Waals surface area contributed by atoms with E-state index in [0.717, 1.165) is 6.42 Å². The molecular formula is C19H20N2O3. The molecule has 0 bridgehead atoms. The summed E-state index contributed by atoms with van der Waals surface area (Å²) in [4.78, 5) is 28.6. The van der Waals surface area contributed by atoms with Gasteiger partial charge >= 0.3 is 0 Å². The smallest absolute Gasteiger partial charge is 0.254 e. The van der Waals surface area contributed by atoms with Crippen molar-refractivity contribution in [2.75, 3.05) is 26.2 Å². The summed E-state index contributed by atoms with van der Waals surface area (Å²) in [6.45, 7) is 2.25. The van der Waals surface area contributed by atoms with Gasteiger partial charge < -0.3 is 14.9 Å². The van der Waals surface area contributed by atoms with Crippen molar-refractivity contribution in [3.8, 4) is 5.75 Å². The molecule has 124 valence electrons. The lowest BCUT2D eigenvalue weighted by Crippen LogP contribution is -2.37. The Hall–Kier alpha value is -2.82. The van der Waals surface area contributed by atoms with Crippen LogP contribution in [0.4, 0.5) is 0 Å². The minimum Gasteiger partial charge on any atom is -0.508 e. The van der Waals surface area contributed by atoms with Gasteiger partial charge in [0.15, 0.2) is 0 Å². The summed E-state index contributed by atoms with van der Waals surface area (Å²) in [5.41, 5.74) is 1.14. The highest BCUT2D eigenvalue weighted by atomic mass is 16.3. The lowest BCUT2D eigenvalue weighted by Gasteiger charge is -2.22. The van der Waals surface area contributed by atoms with E-state index in [0.29, 0.717) is 37.3 Å². The summed E-state index contributed by atoms with van der Waals surface area (Å²) in [5.74, 6) is -0.0290. The third-order valence-electron chi connectivity index (χ3n) is 4.18. The molecule has 5 nitrogen and oxygen atoms in total. The van der Waals surface area contributed by atoms with Crippen LogP contribution in [0.3, 0.4) is 0 Å². The van der Waals surface area contributed by atoms with E-state index in [2.05, 4.69) is 0 Å². The van der Waals surface area contributed by atoms with E-state index in [4.69, 9.17) is 0 Å². The van der Waals surface area contributed by atoms with E-state index in [1.807, 2.05) is 30.3 Å². The van der Waals surface area contributed by atoms with Crippen molar-refractivity contribution >= 4 is 11.8 Å². The molecule has 0 unspecified atom stereocenters. The van der Waals surface area contributed by atoms with Crippen LogP contribution in [0.1, 0.15) is 27.1 Å². The Kier molecular flexibility index (Phi) is 4.79. The van der Waals surface area contributed by atoms with Crippen molar-refractivity contribution in [2.45, 2.75) is 6.42 Å². The highest BCUT2D eigenvalue weighted by molar-refractivity contribution is 5.95. The van der Waals surface area contributed by atoms with Gasteiger partial charge in [0.2, 0.25) is 0 Å². The van der Waals surface area contributed by atoms with Crippen LogP contribution in [0, 0.1) is 0 Å². The molecule has 0 atom stereocenters. The summed E-state index contributed by atoms with van der Waals surface area (Å²) < 4.78 is 0. The predicted octanol–water partition coefficient (Wildman–Crippen LogP) is 2.38. The van der Waals surface area contributed by atoms with Gasteiger partial charge in [-0.3, -0.25) is 9.59 Å². The largest absolute Gasteiger partial charge is 0.508 e. The summed E-state index contributed by atoms with van der Waals surface area (Å²) in [6.07, 6.45) is 0.739. The zero-order chi connectivity index (χ0) is 16.9. The number of amides is 2. The maximum absolute atomic E-state index is 12.6. The first-order chi connectivity index (χ1) is 11.6. The van der Waals surface area contributed by atoms with Crippen LogP contribution in [0.25, 0.3) is 0 Å². The molecule has 2 aromatic rings. The molecule has 0 radical (unpaired) electrons. The van der Waals surface area contributed by atoms with Crippen molar-refractivity contribution in [1.82, 2.24) is 9.80 Å². The Morgan fingerprint density at radius 1 is 0.750 bits per heavy atom. The number of aromatic hydroxyl groups is 1. The van der Waals surface area contributed by atoms with Gasteiger partial charge in [-0.2, -0.15) is 0 Å². The summed E-state index contributed by atoms with van der Waals surface area (Å²) in [7, 11) is 0. The van der Waals surface area contributed by atoms with Crippen LogP contribution >= 0.6 is 0 Å². The van der Waals surface area contributed by atoms with Crippen molar-refractivity contribution in [1.29, 1.82) is 0 Å². The van der Waals surface area contributed by atoms with Gasteiger partial charge in [-0.05, 0) is 36.8 Å². The Balaban J connectivity index is 1.67.